The first-order chi connectivity index (χ1) is 7.94. The Balaban J connectivity index is 2.28. The van der Waals surface area contributed by atoms with Crippen LogP contribution in [0.4, 0.5) is 0 Å². The number of carbonyl (C=O) groups is 1. The molecule has 2 aliphatic carbocycles. The molecule has 0 heterocycles. The van der Waals surface area contributed by atoms with Crippen LogP contribution in [0.25, 0.3) is 0 Å². The molecule has 2 unspecified atom stereocenters. The predicted octanol–water partition coefficient (Wildman–Crippen LogP) is 3.87. The van der Waals surface area contributed by atoms with E-state index in [1.165, 1.54) is 31.3 Å². The summed E-state index contributed by atoms with van der Waals surface area (Å²) < 4.78 is 0. The van der Waals surface area contributed by atoms with Crippen LogP contribution in [0.2, 0.25) is 0 Å². The van der Waals surface area contributed by atoms with Crippen LogP contribution in [0.1, 0.15) is 52.9 Å². The molecule has 0 amide bonds. The van der Waals surface area contributed by atoms with Crippen molar-refractivity contribution in [2.75, 3.05) is 0 Å². The number of aliphatic carboxylic acids is 1. The van der Waals surface area contributed by atoms with Gasteiger partial charge in [0.1, 0.15) is 0 Å². The summed E-state index contributed by atoms with van der Waals surface area (Å²) in [5.41, 5.74) is 1.81. The van der Waals surface area contributed by atoms with Crippen molar-refractivity contribution in [2.45, 2.75) is 52.9 Å². The van der Waals surface area contributed by atoms with Gasteiger partial charge in [-0.2, -0.15) is 0 Å². The number of carboxylic acid groups (broad SMARTS) is 1. The van der Waals surface area contributed by atoms with Crippen molar-refractivity contribution >= 4 is 5.97 Å². The summed E-state index contributed by atoms with van der Waals surface area (Å²) in [4.78, 5) is 11.2. The number of allylic oxidation sites excluding steroid dienone is 2. The van der Waals surface area contributed by atoms with E-state index >= 15 is 0 Å². The molecule has 2 rings (SSSR count). The summed E-state index contributed by atoms with van der Waals surface area (Å²) in [5.74, 6) is -0.0183. The minimum absolute atomic E-state index is 0.207. The van der Waals surface area contributed by atoms with Crippen LogP contribution in [0, 0.1) is 23.2 Å². The smallest absolute Gasteiger partial charge is 0.306 e. The first-order valence-electron chi connectivity index (χ1n) is 6.84. The number of rotatable bonds is 2. The van der Waals surface area contributed by atoms with E-state index < -0.39 is 5.97 Å². The molecule has 0 saturated heterocycles. The molecule has 1 N–H and O–H groups in total. The third-order valence-electron chi connectivity index (χ3n) is 5.14. The Bertz CT molecular complexity index is 345. The quantitative estimate of drug-likeness (QED) is 0.739. The zero-order valence-electron chi connectivity index (χ0n) is 11.2. The van der Waals surface area contributed by atoms with Gasteiger partial charge in [0.25, 0.3) is 0 Å². The van der Waals surface area contributed by atoms with Crippen molar-refractivity contribution in [1.29, 1.82) is 0 Å². The van der Waals surface area contributed by atoms with E-state index in [0.717, 1.165) is 6.42 Å². The average Bonchev–Trinajstić information content (AvgIpc) is 2.28. The van der Waals surface area contributed by atoms with Crippen molar-refractivity contribution in [3.05, 3.63) is 11.6 Å². The molecule has 2 aliphatic rings. The highest BCUT2D eigenvalue weighted by Crippen LogP contribution is 2.53. The van der Waals surface area contributed by atoms with E-state index in [1.807, 2.05) is 6.92 Å². The van der Waals surface area contributed by atoms with Gasteiger partial charge in [-0.1, -0.05) is 31.9 Å². The Hall–Kier alpha value is -0.790. The zero-order valence-corrected chi connectivity index (χ0v) is 11.2. The molecule has 0 aliphatic heterocycles. The molecule has 0 bridgehead atoms. The van der Waals surface area contributed by atoms with Crippen molar-refractivity contribution in [2.24, 2.45) is 23.2 Å². The highest BCUT2D eigenvalue weighted by Gasteiger charge is 2.45. The fourth-order valence-corrected chi connectivity index (χ4v) is 3.84. The third-order valence-corrected chi connectivity index (χ3v) is 5.14. The van der Waals surface area contributed by atoms with Gasteiger partial charge in [-0.05, 0) is 49.9 Å². The van der Waals surface area contributed by atoms with Crippen molar-refractivity contribution in [3.63, 3.8) is 0 Å². The molecule has 17 heavy (non-hydrogen) atoms. The van der Waals surface area contributed by atoms with Gasteiger partial charge < -0.3 is 5.11 Å². The minimum Gasteiger partial charge on any atom is -0.481 e. The lowest BCUT2D eigenvalue weighted by Crippen LogP contribution is -2.42. The summed E-state index contributed by atoms with van der Waals surface area (Å²) in [5, 5.41) is 9.25. The van der Waals surface area contributed by atoms with Gasteiger partial charge in [-0.25, -0.2) is 0 Å². The van der Waals surface area contributed by atoms with Crippen LogP contribution in [-0.2, 0) is 4.79 Å². The summed E-state index contributed by atoms with van der Waals surface area (Å²) >= 11 is 0. The standard InChI is InChI=1S/C15H24O2/c1-10-6-8-15(3)7-4-5-12(13(15)9-10)11(2)14(16)17/h9,11-13H,4-8H2,1-3H3,(H,16,17)/t11?,12?,13-,15-/m1/s1. The Labute approximate surface area is 104 Å². The molecule has 0 spiro atoms. The minimum atomic E-state index is -0.629. The first kappa shape index (κ1) is 12.7. The summed E-state index contributed by atoms with van der Waals surface area (Å²) in [6.07, 6.45) is 8.36. The van der Waals surface area contributed by atoms with E-state index in [-0.39, 0.29) is 5.92 Å². The maximum Gasteiger partial charge on any atom is 0.306 e. The van der Waals surface area contributed by atoms with Gasteiger partial charge in [0.2, 0.25) is 0 Å². The van der Waals surface area contributed by atoms with E-state index in [4.69, 9.17) is 0 Å². The molecule has 0 aromatic rings. The van der Waals surface area contributed by atoms with Gasteiger partial charge in [0.05, 0.1) is 5.92 Å². The van der Waals surface area contributed by atoms with Crippen LogP contribution < -0.4 is 0 Å². The predicted molar refractivity (Wildman–Crippen MR) is 68.7 cm³/mol. The van der Waals surface area contributed by atoms with Gasteiger partial charge >= 0.3 is 5.97 Å². The summed E-state index contributed by atoms with van der Waals surface area (Å²) in [6.45, 7) is 6.44. The van der Waals surface area contributed by atoms with Crippen LogP contribution in [-0.4, -0.2) is 11.1 Å². The summed E-state index contributed by atoms with van der Waals surface area (Å²) in [6, 6.07) is 0. The van der Waals surface area contributed by atoms with Crippen LogP contribution in [0.3, 0.4) is 0 Å². The fourth-order valence-electron chi connectivity index (χ4n) is 3.84. The van der Waals surface area contributed by atoms with Crippen LogP contribution in [0.15, 0.2) is 11.6 Å². The molecular formula is C15H24O2. The van der Waals surface area contributed by atoms with E-state index in [9.17, 15) is 9.90 Å². The molecule has 0 radical (unpaired) electrons. The van der Waals surface area contributed by atoms with Crippen molar-refractivity contribution < 1.29 is 9.90 Å². The van der Waals surface area contributed by atoms with Gasteiger partial charge in [0, 0.05) is 0 Å². The van der Waals surface area contributed by atoms with Crippen LogP contribution in [0.5, 0.6) is 0 Å². The fraction of sp³-hybridized carbons (Fsp3) is 0.800. The first-order valence-corrected chi connectivity index (χ1v) is 6.84. The molecule has 0 aromatic carbocycles. The summed E-state index contributed by atoms with van der Waals surface area (Å²) in [7, 11) is 0. The van der Waals surface area contributed by atoms with E-state index in [1.54, 1.807) is 0 Å². The van der Waals surface area contributed by atoms with E-state index in [0.29, 0.717) is 17.3 Å². The highest BCUT2D eigenvalue weighted by molar-refractivity contribution is 5.70. The molecule has 2 heteroatoms. The second-order valence-electron chi connectivity index (χ2n) is 6.38. The monoisotopic (exact) mass is 236 g/mol. The Morgan fingerprint density at radius 3 is 2.88 bits per heavy atom. The van der Waals surface area contributed by atoms with Crippen molar-refractivity contribution in [3.8, 4) is 0 Å². The molecule has 2 nitrogen and oxygen atoms in total. The Morgan fingerprint density at radius 1 is 1.53 bits per heavy atom. The number of hydrogen-bond donors (Lipinski definition) is 1. The van der Waals surface area contributed by atoms with E-state index in [2.05, 4.69) is 19.9 Å². The second kappa shape index (κ2) is 4.47. The lowest BCUT2D eigenvalue weighted by molar-refractivity contribution is -0.145. The highest BCUT2D eigenvalue weighted by atomic mass is 16.4. The maximum absolute atomic E-state index is 11.2. The molecule has 0 aromatic heterocycles. The number of hydrogen-bond acceptors (Lipinski definition) is 1. The maximum atomic E-state index is 11.2. The molecule has 96 valence electrons. The Kier molecular flexibility index (Phi) is 3.33. The SMILES string of the molecule is CC1=C[C@@H]2C(C(C)C(=O)O)CCC[C@]2(C)CC1. The lowest BCUT2D eigenvalue weighted by Gasteiger charge is -2.49. The zero-order chi connectivity index (χ0) is 12.6. The normalized spacial score (nSPS) is 39.1. The van der Waals surface area contributed by atoms with Gasteiger partial charge in [-0.3, -0.25) is 4.79 Å². The Morgan fingerprint density at radius 2 is 2.24 bits per heavy atom. The molecule has 4 atom stereocenters. The molecular weight excluding hydrogens is 212 g/mol. The number of carboxylic acids is 1. The third kappa shape index (κ3) is 2.27. The van der Waals surface area contributed by atoms with Gasteiger partial charge in [0.15, 0.2) is 0 Å². The average molecular weight is 236 g/mol. The van der Waals surface area contributed by atoms with Gasteiger partial charge in [-0.15, -0.1) is 0 Å². The molecule has 1 saturated carbocycles. The lowest BCUT2D eigenvalue weighted by atomic mass is 9.56. The van der Waals surface area contributed by atoms with Crippen LogP contribution >= 0.6 is 0 Å². The number of fused-ring (bicyclic) bond motifs is 1. The van der Waals surface area contributed by atoms with Crippen molar-refractivity contribution in [1.82, 2.24) is 0 Å². The second-order valence-corrected chi connectivity index (χ2v) is 6.38. The molecule has 1 fully saturated rings. The largest absolute Gasteiger partial charge is 0.481 e. The topological polar surface area (TPSA) is 37.3 Å².